The molecular formula is C13H21NO2S. The third-order valence-corrected chi connectivity index (χ3v) is 4.96. The van der Waals surface area contributed by atoms with Crippen LogP contribution in [0, 0.1) is 18.3 Å². The summed E-state index contributed by atoms with van der Waals surface area (Å²) in [7, 11) is 0. The fraction of sp³-hybridized carbons (Fsp3) is 0.769. The molecular weight excluding hydrogens is 234 g/mol. The third-order valence-electron chi connectivity index (χ3n) is 4.05. The fourth-order valence-electron chi connectivity index (χ4n) is 2.94. The molecule has 0 bridgehead atoms. The van der Waals surface area contributed by atoms with Crippen molar-refractivity contribution >= 4 is 11.3 Å². The summed E-state index contributed by atoms with van der Waals surface area (Å²) >= 11 is 1.67. The van der Waals surface area contributed by atoms with Gasteiger partial charge in [-0.25, -0.2) is 4.98 Å². The Kier molecular flexibility index (Phi) is 4.17. The Morgan fingerprint density at radius 3 is 2.47 bits per heavy atom. The SMILES string of the molecule is Cc1ncc(CC(CO)(CO)C2CCCC2)s1. The number of aliphatic hydroxyl groups excluding tert-OH is 2. The summed E-state index contributed by atoms with van der Waals surface area (Å²) in [6.45, 7) is 2.14. The molecule has 3 nitrogen and oxygen atoms in total. The fourth-order valence-corrected chi connectivity index (χ4v) is 3.89. The first-order valence-corrected chi connectivity index (χ1v) is 7.15. The van der Waals surface area contributed by atoms with Gasteiger partial charge in [-0.3, -0.25) is 0 Å². The standard InChI is InChI=1S/C13H21NO2S/c1-10-14-7-12(17-10)6-13(8-15,9-16)11-4-2-3-5-11/h7,11,15-16H,2-6,8-9H2,1H3. The van der Waals surface area contributed by atoms with E-state index in [0.29, 0.717) is 5.92 Å². The number of aryl methyl sites for hydroxylation is 1. The van der Waals surface area contributed by atoms with E-state index in [1.165, 1.54) is 17.7 Å². The molecule has 0 spiro atoms. The summed E-state index contributed by atoms with van der Waals surface area (Å²) in [6.07, 6.45) is 7.38. The van der Waals surface area contributed by atoms with Crippen molar-refractivity contribution in [3.63, 3.8) is 0 Å². The van der Waals surface area contributed by atoms with Gasteiger partial charge in [0.15, 0.2) is 0 Å². The van der Waals surface area contributed by atoms with E-state index in [0.717, 1.165) is 24.3 Å². The zero-order chi connectivity index (χ0) is 12.3. The predicted molar refractivity (Wildman–Crippen MR) is 69.1 cm³/mol. The minimum absolute atomic E-state index is 0.0745. The van der Waals surface area contributed by atoms with E-state index in [1.807, 2.05) is 13.1 Å². The lowest BCUT2D eigenvalue weighted by Gasteiger charge is -2.35. The first-order chi connectivity index (χ1) is 8.20. The monoisotopic (exact) mass is 255 g/mol. The lowest BCUT2D eigenvalue weighted by Crippen LogP contribution is -2.38. The van der Waals surface area contributed by atoms with E-state index in [2.05, 4.69) is 4.98 Å². The number of aromatic nitrogens is 1. The normalized spacial score (nSPS) is 17.8. The van der Waals surface area contributed by atoms with Crippen LogP contribution in [0.2, 0.25) is 0 Å². The van der Waals surface area contributed by atoms with Gasteiger partial charge < -0.3 is 10.2 Å². The smallest absolute Gasteiger partial charge is 0.0896 e. The van der Waals surface area contributed by atoms with Crippen molar-refractivity contribution in [1.82, 2.24) is 4.98 Å². The molecule has 1 aromatic rings. The average Bonchev–Trinajstić information content (AvgIpc) is 2.98. The zero-order valence-electron chi connectivity index (χ0n) is 10.4. The highest BCUT2D eigenvalue weighted by molar-refractivity contribution is 7.11. The molecule has 1 aliphatic rings. The van der Waals surface area contributed by atoms with E-state index < -0.39 is 0 Å². The van der Waals surface area contributed by atoms with Gasteiger partial charge in [0.2, 0.25) is 0 Å². The molecule has 1 saturated carbocycles. The van der Waals surface area contributed by atoms with Crippen LogP contribution < -0.4 is 0 Å². The molecule has 1 aliphatic carbocycles. The Morgan fingerprint density at radius 2 is 2.00 bits per heavy atom. The second-order valence-electron chi connectivity index (χ2n) is 5.18. The Labute approximate surface area is 107 Å². The molecule has 0 saturated heterocycles. The summed E-state index contributed by atoms with van der Waals surface area (Å²) in [5.41, 5.74) is -0.338. The molecule has 4 heteroatoms. The summed E-state index contributed by atoms with van der Waals surface area (Å²) in [5, 5.41) is 20.5. The van der Waals surface area contributed by atoms with Crippen LogP contribution in [0.3, 0.4) is 0 Å². The second-order valence-corrected chi connectivity index (χ2v) is 6.50. The number of aliphatic hydroxyl groups is 2. The number of hydrogen-bond acceptors (Lipinski definition) is 4. The Hall–Kier alpha value is -0.450. The van der Waals surface area contributed by atoms with Crippen LogP contribution in [0.25, 0.3) is 0 Å². The van der Waals surface area contributed by atoms with Gasteiger partial charge in [-0.05, 0) is 32.1 Å². The van der Waals surface area contributed by atoms with Gasteiger partial charge in [0.25, 0.3) is 0 Å². The summed E-state index contributed by atoms with van der Waals surface area (Å²) in [4.78, 5) is 5.43. The van der Waals surface area contributed by atoms with Crippen molar-refractivity contribution in [2.24, 2.45) is 11.3 Å². The van der Waals surface area contributed by atoms with Gasteiger partial charge in [-0.15, -0.1) is 11.3 Å². The molecule has 0 amide bonds. The first kappa shape index (κ1) is 13.0. The van der Waals surface area contributed by atoms with Gasteiger partial charge in [0.05, 0.1) is 18.2 Å². The van der Waals surface area contributed by atoms with Gasteiger partial charge in [-0.1, -0.05) is 12.8 Å². The van der Waals surface area contributed by atoms with E-state index in [1.54, 1.807) is 11.3 Å². The highest BCUT2D eigenvalue weighted by Crippen LogP contribution is 2.42. The molecule has 0 radical (unpaired) electrons. The third kappa shape index (κ3) is 2.69. The van der Waals surface area contributed by atoms with Crippen molar-refractivity contribution < 1.29 is 10.2 Å². The van der Waals surface area contributed by atoms with Crippen molar-refractivity contribution in [2.75, 3.05) is 13.2 Å². The summed E-state index contributed by atoms with van der Waals surface area (Å²) in [5.74, 6) is 0.458. The Morgan fingerprint density at radius 1 is 1.35 bits per heavy atom. The van der Waals surface area contributed by atoms with Gasteiger partial charge in [0, 0.05) is 16.5 Å². The van der Waals surface area contributed by atoms with Crippen LogP contribution in [0.4, 0.5) is 0 Å². The maximum Gasteiger partial charge on any atom is 0.0896 e. The Bertz CT molecular complexity index is 354. The maximum absolute atomic E-state index is 9.73. The molecule has 0 unspecified atom stereocenters. The number of nitrogens with zero attached hydrogens (tertiary/aromatic N) is 1. The molecule has 17 heavy (non-hydrogen) atoms. The molecule has 1 aromatic heterocycles. The van der Waals surface area contributed by atoms with Gasteiger partial charge in [-0.2, -0.15) is 0 Å². The average molecular weight is 255 g/mol. The van der Waals surface area contributed by atoms with Crippen LogP contribution in [0.15, 0.2) is 6.20 Å². The molecule has 2 rings (SSSR count). The largest absolute Gasteiger partial charge is 0.396 e. The molecule has 0 aliphatic heterocycles. The highest BCUT2D eigenvalue weighted by Gasteiger charge is 2.39. The lowest BCUT2D eigenvalue weighted by atomic mass is 9.73. The molecule has 0 aromatic carbocycles. The summed E-state index contributed by atoms with van der Waals surface area (Å²) in [6, 6.07) is 0. The van der Waals surface area contributed by atoms with Crippen LogP contribution >= 0.6 is 11.3 Å². The van der Waals surface area contributed by atoms with Crippen LogP contribution in [-0.4, -0.2) is 28.4 Å². The molecule has 2 N–H and O–H groups in total. The molecule has 96 valence electrons. The van der Waals surface area contributed by atoms with Crippen molar-refractivity contribution in [1.29, 1.82) is 0 Å². The minimum Gasteiger partial charge on any atom is -0.396 e. The van der Waals surface area contributed by atoms with Gasteiger partial charge >= 0.3 is 0 Å². The molecule has 0 atom stereocenters. The zero-order valence-corrected chi connectivity index (χ0v) is 11.2. The predicted octanol–water partition coefficient (Wildman–Crippen LogP) is 2.16. The maximum atomic E-state index is 9.73. The number of rotatable bonds is 5. The second kappa shape index (κ2) is 5.46. The van der Waals surface area contributed by atoms with Crippen LogP contribution in [0.1, 0.15) is 35.6 Å². The first-order valence-electron chi connectivity index (χ1n) is 6.33. The van der Waals surface area contributed by atoms with E-state index >= 15 is 0 Å². The highest BCUT2D eigenvalue weighted by atomic mass is 32.1. The van der Waals surface area contributed by atoms with Gasteiger partial charge in [0.1, 0.15) is 0 Å². The van der Waals surface area contributed by atoms with E-state index in [9.17, 15) is 10.2 Å². The van der Waals surface area contributed by atoms with E-state index in [4.69, 9.17) is 0 Å². The van der Waals surface area contributed by atoms with Crippen molar-refractivity contribution in [3.05, 3.63) is 16.1 Å². The molecule has 1 heterocycles. The van der Waals surface area contributed by atoms with Crippen LogP contribution in [-0.2, 0) is 6.42 Å². The van der Waals surface area contributed by atoms with Crippen LogP contribution in [0.5, 0.6) is 0 Å². The van der Waals surface area contributed by atoms with E-state index in [-0.39, 0.29) is 18.6 Å². The lowest BCUT2D eigenvalue weighted by molar-refractivity contribution is 0.00630. The Balaban J connectivity index is 2.15. The van der Waals surface area contributed by atoms with Crippen molar-refractivity contribution in [3.8, 4) is 0 Å². The number of hydrogen-bond donors (Lipinski definition) is 2. The topological polar surface area (TPSA) is 53.4 Å². The summed E-state index contributed by atoms with van der Waals surface area (Å²) < 4.78 is 0. The minimum atomic E-state index is -0.338. The van der Waals surface area contributed by atoms with Crippen molar-refractivity contribution in [2.45, 2.75) is 39.0 Å². The quantitative estimate of drug-likeness (QED) is 0.847. The number of thiazole rings is 1. The molecule has 1 fully saturated rings.